The molecule has 23 heavy (non-hydrogen) atoms. The van der Waals surface area contributed by atoms with Crippen LogP contribution in [-0.4, -0.2) is 12.7 Å². The van der Waals surface area contributed by atoms with Crippen LogP contribution in [0.2, 0.25) is 0 Å². The van der Waals surface area contributed by atoms with E-state index in [0.29, 0.717) is 13.0 Å². The summed E-state index contributed by atoms with van der Waals surface area (Å²) < 4.78 is 10.6. The molecule has 2 aromatic carbocycles. The Morgan fingerprint density at radius 2 is 1.78 bits per heavy atom. The number of fused-ring (bicyclic) bond motifs is 1. The van der Waals surface area contributed by atoms with Gasteiger partial charge >= 0.3 is 0 Å². The van der Waals surface area contributed by atoms with Gasteiger partial charge in [-0.2, -0.15) is 0 Å². The summed E-state index contributed by atoms with van der Waals surface area (Å²) in [7, 11) is 0. The minimum Gasteiger partial charge on any atom is -0.454 e. The minimum absolute atomic E-state index is 0.0408. The van der Waals surface area contributed by atoms with Crippen LogP contribution in [0.3, 0.4) is 0 Å². The Balaban J connectivity index is 1.60. The number of carbonyl (C=O) groups excluding carboxylic acids is 1. The van der Waals surface area contributed by atoms with Crippen molar-refractivity contribution in [3.8, 4) is 11.5 Å². The Kier molecular flexibility index (Phi) is 4.24. The summed E-state index contributed by atoms with van der Waals surface area (Å²) >= 11 is 0. The molecule has 1 heterocycles. The van der Waals surface area contributed by atoms with E-state index in [9.17, 15) is 4.79 Å². The zero-order valence-corrected chi connectivity index (χ0v) is 13.5. The molecule has 0 atom stereocenters. The lowest BCUT2D eigenvalue weighted by molar-refractivity contribution is -0.129. The first-order valence-electron chi connectivity index (χ1n) is 7.75. The van der Waals surface area contributed by atoms with Gasteiger partial charge in [-0.3, -0.25) is 4.79 Å². The van der Waals surface area contributed by atoms with Crippen LogP contribution in [0, 0.1) is 5.41 Å². The van der Waals surface area contributed by atoms with Gasteiger partial charge in [0.25, 0.3) is 0 Å². The van der Waals surface area contributed by atoms with E-state index in [-0.39, 0.29) is 12.7 Å². The standard InChI is InChI=1S/C19H21NO3/c1-19(2,11-14-6-4-3-5-7-14)18(21)20-12-15-8-9-16-17(10-15)23-13-22-16/h3-10H,11-13H2,1-2H3,(H,20,21). The lowest BCUT2D eigenvalue weighted by Gasteiger charge is -2.23. The molecule has 0 spiro atoms. The Hall–Kier alpha value is -2.49. The largest absolute Gasteiger partial charge is 0.454 e. The summed E-state index contributed by atoms with van der Waals surface area (Å²) in [5.41, 5.74) is 1.70. The summed E-state index contributed by atoms with van der Waals surface area (Å²) in [5, 5.41) is 3.02. The molecule has 4 nitrogen and oxygen atoms in total. The van der Waals surface area contributed by atoms with Crippen molar-refractivity contribution in [1.82, 2.24) is 5.32 Å². The second-order valence-electron chi connectivity index (χ2n) is 6.42. The summed E-state index contributed by atoms with van der Waals surface area (Å²) in [5.74, 6) is 1.53. The molecule has 1 amide bonds. The van der Waals surface area contributed by atoms with E-state index in [1.54, 1.807) is 0 Å². The molecule has 1 aliphatic rings. The van der Waals surface area contributed by atoms with Gasteiger partial charge in [0.1, 0.15) is 0 Å². The van der Waals surface area contributed by atoms with Crippen LogP contribution in [0.5, 0.6) is 11.5 Å². The maximum absolute atomic E-state index is 12.5. The van der Waals surface area contributed by atoms with Crippen molar-refractivity contribution in [2.45, 2.75) is 26.8 Å². The molecule has 2 aromatic rings. The Morgan fingerprint density at radius 1 is 1.04 bits per heavy atom. The zero-order chi connectivity index (χ0) is 16.3. The van der Waals surface area contributed by atoms with Gasteiger partial charge in [-0.1, -0.05) is 50.2 Å². The number of hydrogen-bond donors (Lipinski definition) is 1. The average Bonchev–Trinajstić information content (AvgIpc) is 3.00. The molecule has 0 aromatic heterocycles. The molecule has 0 bridgehead atoms. The average molecular weight is 311 g/mol. The number of hydrogen-bond acceptors (Lipinski definition) is 3. The van der Waals surface area contributed by atoms with Crippen molar-refractivity contribution in [3.63, 3.8) is 0 Å². The number of rotatable bonds is 5. The van der Waals surface area contributed by atoms with Crippen LogP contribution in [0.15, 0.2) is 48.5 Å². The van der Waals surface area contributed by atoms with Gasteiger partial charge in [-0.25, -0.2) is 0 Å². The molecule has 4 heteroatoms. The third-order valence-corrected chi connectivity index (χ3v) is 3.99. The number of carbonyl (C=O) groups is 1. The highest BCUT2D eigenvalue weighted by molar-refractivity contribution is 5.82. The third-order valence-electron chi connectivity index (χ3n) is 3.99. The molecule has 1 N–H and O–H groups in total. The van der Waals surface area contributed by atoms with Crippen molar-refractivity contribution in [1.29, 1.82) is 0 Å². The maximum Gasteiger partial charge on any atom is 0.231 e. The fourth-order valence-electron chi connectivity index (χ4n) is 2.66. The normalized spacial score (nSPS) is 13.0. The van der Waals surface area contributed by atoms with Gasteiger partial charge in [0, 0.05) is 12.0 Å². The Labute approximate surface area is 136 Å². The van der Waals surface area contributed by atoms with Crippen molar-refractivity contribution < 1.29 is 14.3 Å². The van der Waals surface area contributed by atoms with E-state index >= 15 is 0 Å². The lowest BCUT2D eigenvalue weighted by atomic mass is 9.85. The maximum atomic E-state index is 12.5. The van der Waals surface area contributed by atoms with Gasteiger partial charge < -0.3 is 14.8 Å². The molecular formula is C19H21NO3. The number of amides is 1. The topological polar surface area (TPSA) is 47.6 Å². The van der Waals surface area contributed by atoms with Gasteiger partial charge in [0.2, 0.25) is 12.7 Å². The van der Waals surface area contributed by atoms with Crippen LogP contribution in [0.1, 0.15) is 25.0 Å². The fraction of sp³-hybridized carbons (Fsp3) is 0.316. The van der Waals surface area contributed by atoms with Gasteiger partial charge in [-0.15, -0.1) is 0 Å². The molecule has 0 saturated carbocycles. The predicted molar refractivity (Wildman–Crippen MR) is 88.3 cm³/mol. The molecule has 0 unspecified atom stereocenters. The highest BCUT2D eigenvalue weighted by Crippen LogP contribution is 2.32. The molecule has 0 fully saturated rings. The van der Waals surface area contributed by atoms with Crippen LogP contribution >= 0.6 is 0 Å². The van der Waals surface area contributed by atoms with E-state index in [4.69, 9.17) is 9.47 Å². The predicted octanol–water partition coefficient (Wildman–Crippen LogP) is 3.30. The van der Waals surface area contributed by atoms with Gasteiger partial charge in [-0.05, 0) is 29.7 Å². The molecule has 120 valence electrons. The summed E-state index contributed by atoms with van der Waals surface area (Å²) in [6.07, 6.45) is 0.709. The van der Waals surface area contributed by atoms with E-state index in [2.05, 4.69) is 5.32 Å². The zero-order valence-electron chi connectivity index (χ0n) is 13.5. The number of nitrogens with one attached hydrogen (secondary N) is 1. The summed E-state index contributed by atoms with van der Waals surface area (Å²) in [4.78, 5) is 12.5. The molecule has 0 aliphatic carbocycles. The smallest absolute Gasteiger partial charge is 0.231 e. The Morgan fingerprint density at radius 3 is 2.57 bits per heavy atom. The fourth-order valence-corrected chi connectivity index (χ4v) is 2.66. The first-order chi connectivity index (χ1) is 11.0. The van der Waals surface area contributed by atoms with Gasteiger partial charge in [0.05, 0.1) is 0 Å². The van der Waals surface area contributed by atoms with E-state index < -0.39 is 5.41 Å². The van der Waals surface area contributed by atoms with Crippen LogP contribution < -0.4 is 14.8 Å². The molecule has 0 saturated heterocycles. The van der Waals surface area contributed by atoms with Crippen LogP contribution in [-0.2, 0) is 17.8 Å². The monoisotopic (exact) mass is 311 g/mol. The molecule has 3 rings (SSSR count). The molecule has 0 radical (unpaired) electrons. The lowest BCUT2D eigenvalue weighted by Crippen LogP contribution is -2.38. The highest BCUT2D eigenvalue weighted by atomic mass is 16.7. The number of benzene rings is 2. The Bertz CT molecular complexity index is 695. The second-order valence-corrected chi connectivity index (χ2v) is 6.42. The van der Waals surface area contributed by atoms with Crippen molar-refractivity contribution in [2.24, 2.45) is 5.41 Å². The quantitative estimate of drug-likeness (QED) is 0.921. The van der Waals surface area contributed by atoms with Gasteiger partial charge in [0.15, 0.2) is 11.5 Å². The number of ether oxygens (including phenoxy) is 2. The van der Waals surface area contributed by atoms with E-state index in [0.717, 1.165) is 22.6 Å². The van der Waals surface area contributed by atoms with Crippen LogP contribution in [0.25, 0.3) is 0 Å². The molecular weight excluding hydrogens is 290 g/mol. The highest BCUT2D eigenvalue weighted by Gasteiger charge is 2.27. The van der Waals surface area contributed by atoms with Crippen molar-refractivity contribution in [2.75, 3.05) is 6.79 Å². The van der Waals surface area contributed by atoms with Crippen molar-refractivity contribution >= 4 is 5.91 Å². The third kappa shape index (κ3) is 3.65. The van der Waals surface area contributed by atoms with E-state index in [1.165, 1.54) is 0 Å². The molecule has 1 aliphatic heterocycles. The minimum atomic E-state index is -0.461. The first-order valence-corrected chi connectivity index (χ1v) is 7.75. The van der Waals surface area contributed by atoms with Crippen LogP contribution in [0.4, 0.5) is 0 Å². The first kappa shape index (κ1) is 15.4. The summed E-state index contributed by atoms with van der Waals surface area (Å²) in [6, 6.07) is 15.8. The van der Waals surface area contributed by atoms with Crippen molar-refractivity contribution in [3.05, 3.63) is 59.7 Å². The second kappa shape index (κ2) is 6.32. The summed E-state index contributed by atoms with van der Waals surface area (Å²) in [6.45, 7) is 4.67. The SMILES string of the molecule is CC(C)(Cc1ccccc1)C(=O)NCc1ccc2c(c1)OCO2. The van der Waals surface area contributed by atoms with E-state index in [1.807, 2.05) is 62.4 Å².